The molecule has 6 rings (SSSR count). The van der Waals surface area contributed by atoms with E-state index in [1.165, 1.54) is 9.13 Å². The van der Waals surface area contributed by atoms with Crippen LogP contribution in [0, 0.1) is 10.5 Å². The smallest absolute Gasteiger partial charge is 0.222 e. The number of imidazole rings is 2. The van der Waals surface area contributed by atoms with Gasteiger partial charge in [-0.15, -0.1) is 0 Å². The Balaban J connectivity index is 1.69. The number of nitrogens with zero attached hydrogens (tertiary/aromatic N) is 4. The Morgan fingerprint density at radius 1 is 0.788 bits per heavy atom. The molecule has 33 heavy (non-hydrogen) atoms. The van der Waals surface area contributed by atoms with E-state index in [2.05, 4.69) is 92.5 Å². The summed E-state index contributed by atoms with van der Waals surface area (Å²) in [6.07, 6.45) is 0. The normalized spacial score (nSPS) is 11.3. The highest BCUT2D eigenvalue weighted by Gasteiger charge is 2.24. The number of benzene rings is 4. The molecule has 0 bridgehead atoms. The van der Waals surface area contributed by atoms with Gasteiger partial charge in [-0.2, -0.15) is 0 Å². The summed E-state index contributed by atoms with van der Waals surface area (Å²) in [5.41, 5.74) is 7.15. The molecule has 0 atom stereocenters. The van der Waals surface area contributed by atoms with Gasteiger partial charge in [-0.1, -0.05) is 48.5 Å². The van der Waals surface area contributed by atoms with Crippen molar-refractivity contribution >= 4 is 62.2 Å². The maximum absolute atomic E-state index is 5.11. The predicted molar refractivity (Wildman–Crippen MR) is 143 cm³/mol. The van der Waals surface area contributed by atoms with Crippen LogP contribution in [0.5, 0.6) is 0 Å². The van der Waals surface area contributed by atoms with Crippen LogP contribution in [0.2, 0.25) is 0 Å². The first kappa shape index (κ1) is 20.0. The van der Waals surface area contributed by atoms with Crippen molar-refractivity contribution in [1.82, 2.24) is 19.5 Å². The lowest BCUT2D eigenvalue weighted by Gasteiger charge is -2.23. The summed E-state index contributed by atoms with van der Waals surface area (Å²) < 4.78 is 3.40. The molecule has 0 saturated carbocycles. The Hall–Kier alpha value is -3.65. The van der Waals surface area contributed by atoms with Gasteiger partial charge in [0.2, 0.25) is 11.9 Å². The van der Waals surface area contributed by atoms with E-state index in [1.54, 1.807) is 0 Å². The van der Waals surface area contributed by atoms with Crippen LogP contribution in [0.15, 0.2) is 97.1 Å². The van der Waals surface area contributed by atoms with Gasteiger partial charge >= 0.3 is 0 Å². The monoisotopic (exact) mass is 541 g/mol. The van der Waals surface area contributed by atoms with Crippen LogP contribution in [0.1, 0.15) is 5.56 Å². The summed E-state index contributed by atoms with van der Waals surface area (Å²) in [7, 11) is 0. The quantitative estimate of drug-likeness (QED) is 0.239. The van der Waals surface area contributed by atoms with Crippen molar-refractivity contribution in [2.45, 2.75) is 6.92 Å². The van der Waals surface area contributed by atoms with Crippen molar-refractivity contribution in [1.29, 1.82) is 0 Å². The average Bonchev–Trinajstić information content (AvgIpc) is 3.43. The number of aromatic nitrogens is 4. The molecule has 0 aliphatic rings. The van der Waals surface area contributed by atoms with Crippen molar-refractivity contribution in [3.63, 3.8) is 0 Å². The fourth-order valence-corrected chi connectivity index (χ4v) is 4.65. The first-order valence-corrected chi connectivity index (χ1v) is 11.8. The van der Waals surface area contributed by atoms with Crippen molar-refractivity contribution in [2.24, 2.45) is 0 Å². The Bertz CT molecular complexity index is 1570. The van der Waals surface area contributed by atoms with E-state index in [4.69, 9.17) is 9.97 Å². The number of para-hydroxylation sites is 5. The van der Waals surface area contributed by atoms with Gasteiger partial charge in [-0.05, 0) is 83.6 Å². The van der Waals surface area contributed by atoms with Gasteiger partial charge in [0.25, 0.3) is 0 Å². The number of H-pyrrole nitrogens is 1. The summed E-state index contributed by atoms with van der Waals surface area (Å²) in [5, 5.41) is 0. The van der Waals surface area contributed by atoms with Gasteiger partial charge in [-0.3, -0.25) is 4.57 Å². The number of nitrogens with one attached hydrogen (secondary N) is 1. The number of fused-ring (bicyclic) bond motifs is 2. The maximum atomic E-state index is 5.11. The van der Waals surface area contributed by atoms with E-state index in [1.807, 2.05) is 48.5 Å². The molecule has 6 heteroatoms. The molecule has 0 amide bonds. The first-order valence-electron chi connectivity index (χ1n) is 10.7. The Morgan fingerprint density at radius 2 is 1.52 bits per heavy atom. The molecule has 0 unspecified atom stereocenters. The number of aromatic amines is 1. The van der Waals surface area contributed by atoms with E-state index in [0.29, 0.717) is 0 Å². The molecule has 0 radical (unpaired) electrons. The van der Waals surface area contributed by atoms with Gasteiger partial charge < -0.3 is 4.98 Å². The van der Waals surface area contributed by atoms with Gasteiger partial charge in [0.05, 0.1) is 33.4 Å². The highest BCUT2D eigenvalue weighted by molar-refractivity contribution is 14.1. The molecule has 0 saturated heterocycles. The third-order valence-corrected chi connectivity index (χ3v) is 6.43. The minimum absolute atomic E-state index is 0.724. The van der Waals surface area contributed by atoms with E-state index in [9.17, 15) is 0 Å². The van der Waals surface area contributed by atoms with E-state index < -0.39 is 0 Å². The minimum atomic E-state index is 0.724. The molecule has 160 valence electrons. The lowest BCUT2D eigenvalue weighted by Crippen LogP contribution is -2.17. The van der Waals surface area contributed by atoms with Crippen molar-refractivity contribution in [3.05, 3.63) is 106 Å². The number of anilines is 3. The van der Waals surface area contributed by atoms with Crippen LogP contribution >= 0.6 is 22.6 Å². The molecule has 0 fully saturated rings. The molecule has 5 nitrogen and oxygen atoms in total. The summed E-state index contributed by atoms with van der Waals surface area (Å²) in [4.78, 5) is 15.6. The van der Waals surface area contributed by atoms with Crippen LogP contribution in [0.3, 0.4) is 0 Å². The molecule has 0 aliphatic carbocycles. The standard InChI is InChI=1S/C27H20IN5/c1-18-15-16-19(28)17-25(18)33-24-14-8-7-13-23(24)31-27(33)32(20-9-3-2-4-10-20)26-29-21-11-5-6-12-22(21)30-26/h2-17H,1H3,(H,29,30). The molecule has 2 aromatic heterocycles. The highest BCUT2D eigenvalue weighted by Crippen LogP contribution is 2.37. The molecule has 0 spiro atoms. The van der Waals surface area contributed by atoms with E-state index >= 15 is 0 Å². The van der Waals surface area contributed by atoms with Crippen LogP contribution in [0.25, 0.3) is 27.8 Å². The number of hydrogen-bond acceptors (Lipinski definition) is 3. The van der Waals surface area contributed by atoms with E-state index in [-0.39, 0.29) is 0 Å². The maximum Gasteiger partial charge on any atom is 0.222 e. The molecular formula is C27H20IN5. The summed E-state index contributed by atoms with van der Waals surface area (Å²) in [5.74, 6) is 1.51. The summed E-state index contributed by atoms with van der Waals surface area (Å²) >= 11 is 2.37. The highest BCUT2D eigenvalue weighted by atomic mass is 127. The zero-order valence-electron chi connectivity index (χ0n) is 17.9. The van der Waals surface area contributed by atoms with Crippen LogP contribution in [-0.2, 0) is 0 Å². The number of halogens is 1. The second-order valence-electron chi connectivity index (χ2n) is 7.92. The van der Waals surface area contributed by atoms with Crippen LogP contribution in [0.4, 0.5) is 17.6 Å². The SMILES string of the molecule is Cc1ccc(I)cc1-n1c(N(c2ccccc2)c2nc3ccccc3[nH]2)nc2ccccc21. The molecule has 0 aliphatic heterocycles. The topological polar surface area (TPSA) is 49.7 Å². The third-order valence-electron chi connectivity index (χ3n) is 5.76. The Labute approximate surface area is 204 Å². The number of hydrogen-bond donors (Lipinski definition) is 1. The first-order chi connectivity index (χ1) is 16.2. The molecule has 1 N–H and O–H groups in total. The largest absolute Gasteiger partial charge is 0.323 e. The lowest BCUT2D eigenvalue weighted by molar-refractivity contribution is 0.998. The number of rotatable bonds is 4. The molecule has 4 aromatic carbocycles. The third kappa shape index (κ3) is 3.47. The van der Waals surface area contributed by atoms with Gasteiger partial charge in [0.15, 0.2) is 0 Å². The summed E-state index contributed by atoms with van der Waals surface area (Å²) in [6.45, 7) is 2.14. The number of aryl methyl sites for hydroxylation is 1. The fraction of sp³-hybridized carbons (Fsp3) is 0.0370. The summed E-state index contributed by atoms with van der Waals surface area (Å²) in [6, 6.07) is 33.1. The lowest BCUT2D eigenvalue weighted by atomic mass is 10.2. The predicted octanol–water partition coefficient (Wildman–Crippen LogP) is 7.28. The van der Waals surface area contributed by atoms with Gasteiger partial charge in [0, 0.05) is 3.57 Å². The van der Waals surface area contributed by atoms with Crippen molar-refractivity contribution in [3.8, 4) is 5.69 Å². The van der Waals surface area contributed by atoms with Gasteiger partial charge in [0.1, 0.15) is 0 Å². The second-order valence-corrected chi connectivity index (χ2v) is 9.16. The van der Waals surface area contributed by atoms with Crippen LogP contribution in [-0.4, -0.2) is 19.5 Å². The van der Waals surface area contributed by atoms with Crippen molar-refractivity contribution < 1.29 is 0 Å². The van der Waals surface area contributed by atoms with Crippen molar-refractivity contribution in [2.75, 3.05) is 4.90 Å². The molecular weight excluding hydrogens is 521 g/mol. The molecule has 2 heterocycles. The Kier molecular flexibility index (Phi) is 4.87. The van der Waals surface area contributed by atoms with Crippen LogP contribution < -0.4 is 4.90 Å². The second kappa shape index (κ2) is 8.04. The fourth-order valence-electron chi connectivity index (χ4n) is 4.18. The molecule has 6 aromatic rings. The average molecular weight is 541 g/mol. The van der Waals surface area contributed by atoms with E-state index in [0.717, 1.165) is 45.3 Å². The minimum Gasteiger partial charge on any atom is -0.323 e. The zero-order chi connectivity index (χ0) is 22.4. The zero-order valence-corrected chi connectivity index (χ0v) is 20.1. The Morgan fingerprint density at radius 3 is 2.33 bits per heavy atom. The van der Waals surface area contributed by atoms with Gasteiger partial charge in [-0.25, -0.2) is 14.9 Å².